The summed E-state index contributed by atoms with van der Waals surface area (Å²) >= 11 is 5.83. The van der Waals surface area contributed by atoms with Crippen molar-refractivity contribution in [2.45, 2.75) is 32.6 Å². The van der Waals surface area contributed by atoms with Gasteiger partial charge in [-0.15, -0.1) is 10.2 Å². The summed E-state index contributed by atoms with van der Waals surface area (Å²) < 4.78 is 5.54. The number of nitrogens with one attached hydrogen (secondary N) is 1. The molecule has 0 atom stereocenters. The number of amides is 1. The molecule has 5 nitrogen and oxygen atoms in total. The molecule has 0 aliphatic carbocycles. The van der Waals surface area contributed by atoms with Gasteiger partial charge >= 0.3 is 0 Å². The number of hydrogen-bond donors (Lipinski definition) is 1. The lowest BCUT2D eigenvalue weighted by atomic mass is 10.2. The van der Waals surface area contributed by atoms with Crippen molar-refractivity contribution in [2.75, 3.05) is 6.54 Å². The lowest BCUT2D eigenvalue weighted by Gasteiger charge is -2.01. The van der Waals surface area contributed by atoms with E-state index >= 15 is 0 Å². The Balaban J connectivity index is 1.86. The van der Waals surface area contributed by atoms with Crippen LogP contribution in [0.2, 0.25) is 5.02 Å². The maximum Gasteiger partial charge on any atom is 0.247 e. The lowest BCUT2D eigenvalue weighted by Crippen LogP contribution is -2.24. The molecule has 0 radical (unpaired) electrons. The van der Waals surface area contributed by atoms with Crippen LogP contribution >= 0.6 is 11.6 Å². The highest BCUT2D eigenvalue weighted by Crippen LogP contribution is 2.20. The van der Waals surface area contributed by atoms with E-state index in [-0.39, 0.29) is 5.91 Å². The second-order valence-electron chi connectivity index (χ2n) is 4.71. The number of unbranched alkanes of at least 4 members (excludes halogenated alkanes) is 1. The fourth-order valence-electron chi connectivity index (χ4n) is 1.78. The molecule has 0 fully saturated rings. The van der Waals surface area contributed by atoms with Crippen molar-refractivity contribution in [3.05, 3.63) is 35.2 Å². The van der Waals surface area contributed by atoms with Crippen LogP contribution < -0.4 is 5.32 Å². The molecule has 2 aromatic rings. The van der Waals surface area contributed by atoms with E-state index in [0.29, 0.717) is 29.6 Å². The van der Waals surface area contributed by atoms with Gasteiger partial charge in [0.25, 0.3) is 0 Å². The summed E-state index contributed by atoms with van der Waals surface area (Å²) in [6.07, 6.45) is 2.85. The second kappa shape index (κ2) is 7.78. The number of hydrogen-bond acceptors (Lipinski definition) is 4. The third kappa shape index (κ3) is 4.86. The van der Waals surface area contributed by atoms with Gasteiger partial charge in [0, 0.05) is 30.0 Å². The summed E-state index contributed by atoms with van der Waals surface area (Å²) in [6, 6.07) is 7.16. The van der Waals surface area contributed by atoms with Crippen molar-refractivity contribution in [2.24, 2.45) is 0 Å². The average Bonchev–Trinajstić information content (AvgIpc) is 2.95. The first kappa shape index (κ1) is 15.5. The Morgan fingerprint density at radius 3 is 2.76 bits per heavy atom. The Bertz CT molecular complexity index is 581. The molecule has 0 saturated carbocycles. The average molecular weight is 308 g/mol. The summed E-state index contributed by atoms with van der Waals surface area (Å²) in [5.74, 6) is 0.911. The smallest absolute Gasteiger partial charge is 0.247 e. The van der Waals surface area contributed by atoms with E-state index in [1.54, 1.807) is 12.1 Å². The van der Waals surface area contributed by atoms with Gasteiger partial charge in [-0.05, 0) is 30.7 Å². The maximum atomic E-state index is 11.6. The van der Waals surface area contributed by atoms with Crippen LogP contribution in [0.25, 0.3) is 11.5 Å². The highest BCUT2D eigenvalue weighted by Gasteiger charge is 2.10. The molecule has 0 unspecified atom stereocenters. The Kier molecular flexibility index (Phi) is 5.75. The number of halogens is 1. The molecule has 0 saturated heterocycles. The van der Waals surface area contributed by atoms with E-state index in [9.17, 15) is 4.79 Å². The molecule has 1 N–H and O–H groups in total. The number of benzene rings is 1. The van der Waals surface area contributed by atoms with Crippen LogP contribution in [0.15, 0.2) is 28.7 Å². The Morgan fingerprint density at radius 2 is 2.05 bits per heavy atom. The lowest BCUT2D eigenvalue weighted by molar-refractivity contribution is -0.121. The quantitative estimate of drug-likeness (QED) is 0.797. The highest BCUT2D eigenvalue weighted by molar-refractivity contribution is 6.30. The molecule has 1 aromatic carbocycles. The van der Waals surface area contributed by atoms with Gasteiger partial charge in [0.1, 0.15) is 0 Å². The van der Waals surface area contributed by atoms with E-state index in [1.807, 2.05) is 12.1 Å². The van der Waals surface area contributed by atoms with Gasteiger partial charge in [-0.3, -0.25) is 4.79 Å². The van der Waals surface area contributed by atoms with Crippen molar-refractivity contribution < 1.29 is 9.21 Å². The van der Waals surface area contributed by atoms with Gasteiger partial charge < -0.3 is 9.73 Å². The summed E-state index contributed by atoms with van der Waals surface area (Å²) in [4.78, 5) is 11.6. The molecule has 112 valence electrons. The molecule has 0 spiro atoms. The third-order valence-electron chi connectivity index (χ3n) is 2.98. The number of carbonyl (C=O) groups excluding carboxylic acids is 1. The van der Waals surface area contributed by atoms with Gasteiger partial charge in [-0.2, -0.15) is 0 Å². The second-order valence-corrected chi connectivity index (χ2v) is 5.15. The molecule has 1 amide bonds. The summed E-state index contributed by atoms with van der Waals surface area (Å²) in [5, 5.41) is 11.4. The normalized spacial score (nSPS) is 10.6. The summed E-state index contributed by atoms with van der Waals surface area (Å²) in [5.41, 5.74) is 0.811. The molecule has 1 aromatic heterocycles. The van der Waals surface area contributed by atoms with Gasteiger partial charge in [0.15, 0.2) is 0 Å². The van der Waals surface area contributed by atoms with E-state index < -0.39 is 0 Å². The fraction of sp³-hybridized carbons (Fsp3) is 0.400. The Hall–Kier alpha value is -1.88. The predicted octanol–water partition coefficient (Wildman–Crippen LogP) is 3.24. The van der Waals surface area contributed by atoms with Crippen LogP contribution in [0.5, 0.6) is 0 Å². The molecular weight excluding hydrogens is 290 g/mol. The SMILES string of the molecule is CCCCNC(=O)CCc1nnc(-c2ccc(Cl)cc2)o1. The Labute approximate surface area is 128 Å². The first-order chi connectivity index (χ1) is 10.2. The zero-order chi connectivity index (χ0) is 15.1. The first-order valence-corrected chi connectivity index (χ1v) is 7.42. The van der Waals surface area contributed by atoms with Gasteiger partial charge in [0.2, 0.25) is 17.7 Å². The topological polar surface area (TPSA) is 68.0 Å². The highest BCUT2D eigenvalue weighted by atomic mass is 35.5. The monoisotopic (exact) mass is 307 g/mol. The van der Waals surface area contributed by atoms with E-state index in [2.05, 4.69) is 22.4 Å². The van der Waals surface area contributed by atoms with Crippen molar-refractivity contribution >= 4 is 17.5 Å². The van der Waals surface area contributed by atoms with Crippen LogP contribution in [-0.4, -0.2) is 22.6 Å². The minimum Gasteiger partial charge on any atom is -0.421 e. The maximum absolute atomic E-state index is 11.6. The first-order valence-electron chi connectivity index (χ1n) is 7.04. The van der Waals surface area contributed by atoms with Crippen LogP contribution in [0.4, 0.5) is 0 Å². The summed E-state index contributed by atoms with van der Waals surface area (Å²) in [6.45, 7) is 2.80. The molecule has 6 heteroatoms. The van der Waals surface area contributed by atoms with Crippen molar-refractivity contribution in [3.8, 4) is 11.5 Å². The third-order valence-corrected chi connectivity index (χ3v) is 3.23. The molecule has 0 aliphatic rings. The number of aromatic nitrogens is 2. The molecular formula is C15H18ClN3O2. The number of aryl methyl sites for hydroxylation is 1. The van der Waals surface area contributed by atoms with Crippen LogP contribution in [0, 0.1) is 0 Å². The van der Waals surface area contributed by atoms with E-state index in [4.69, 9.17) is 16.0 Å². The molecule has 0 aliphatic heterocycles. The number of carbonyl (C=O) groups is 1. The van der Waals surface area contributed by atoms with Crippen molar-refractivity contribution in [1.82, 2.24) is 15.5 Å². The minimum atomic E-state index is 0.00897. The molecule has 21 heavy (non-hydrogen) atoms. The largest absolute Gasteiger partial charge is 0.421 e. The number of rotatable bonds is 7. The molecule has 1 heterocycles. The van der Waals surface area contributed by atoms with Crippen molar-refractivity contribution in [1.29, 1.82) is 0 Å². The summed E-state index contributed by atoms with van der Waals surface area (Å²) in [7, 11) is 0. The van der Waals surface area contributed by atoms with E-state index in [1.165, 1.54) is 0 Å². The van der Waals surface area contributed by atoms with Gasteiger partial charge in [-0.1, -0.05) is 24.9 Å². The van der Waals surface area contributed by atoms with Gasteiger partial charge in [0.05, 0.1) is 0 Å². The Morgan fingerprint density at radius 1 is 1.29 bits per heavy atom. The molecule has 0 bridgehead atoms. The fourth-order valence-corrected chi connectivity index (χ4v) is 1.90. The van der Waals surface area contributed by atoms with E-state index in [0.717, 1.165) is 24.9 Å². The van der Waals surface area contributed by atoms with Crippen LogP contribution in [0.1, 0.15) is 32.1 Å². The standard InChI is InChI=1S/C15H18ClN3O2/c1-2-3-10-17-13(20)8-9-14-18-19-15(21-14)11-4-6-12(16)7-5-11/h4-7H,2-3,8-10H2,1H3,(H,17,20). The predicted molar refractivity (Wildman–Crippen MR) is 81.0 cm³/mol. The zero-order valence-electron chi connectivity index (χ0n) is 11.9. The number of nitrogens with zero attached hydrogens (tertiary/aromatic N) is 2. The van der Waals surface area contributed by atoms with Crippen LogP contribution in [0.3, 0.4) is 0 Å². The minimum absolute atomic E-state index is 0.00897. The molecule has 2 rings (SSSR count). The van der Waals surface area contributed by atoms with Gasteiger partial charge in [-0.25, -0.2) is 0 Å². The van der Waals surface area contributed by atoms with Crippen LogP contribution in [-0.2, 0) is 11.2 Å². The van der Waals surface area contributed by atoms with Crippen molar-refractivity contribution in [3.63, 3.8) is 0 Å². The zero-order valence-corrected chi connectivity index (χ0v) is 12.7.